The number of anilines is 2. The summed E-state index contributed by atoms with van der Waals surface area (Å²) in [6.07, 6.45) is 2.67. The van der Waals surface area contributed by atoms with Crippen molar-refractivity contribution in [2.24, 2.45) is 7.05 Å². The number of para-hydroxylation sites is 1. The summed E-state index contributed by atoms with van der Waals surface area (Å²) in [6, 6.07) is 13.5. The fourth-order valence-corrected chi connectivity index (χ4v) is 3.11. The van der Waals surface area contributed by atoms with Crippen LogP contribution in [0, 0.1) is 6.92 Å². The Morgan fingerprint density at radius 3 is 2.65 bits per heavy atom. The summed E-state index contributed by atoms with van der Waals surface area (Å²) in [7, 11) is 1.81. The van der Waals surface area contributed by atoms with Crippen LogP contribution in [0.3, 0.4) is 0 Å². The maximum Gasteiger partial charge on any atom is 0.274 e. The summed E-state index contributed by atoms with van der Waals surface area (Å²) >= 11 is 0. The minimum absolute atomic E-state index is 0.0393. The van der Waals surface area contributed by atoms with Gasteiger partial charge in [0, 0.05) is 31.5 Å². The van der Waals surface area contributed by atoms with Crippen LogP contribution in [-0.4, -0.2) is 37.1 Å². The van der Waals surface area contributed by atoms with E-state index >= 15 is 0 Å². The maximum absolute atomic E-state index is 12.7. The lowest BCUT2D eigenvalue weighted by Crippen LogP contribution is -2.45. The number of aryl methyl sites for hydroxylation is 2. The second kappa shape index (κ2) is 6.59. The molecule has 3 aromatic rings. The second-order valence-corrected chi connectivity index (χ2v) is 6.39. The zero-order chi connectivity index (χ0) is 18.1. The Labute approximate surface area is 151 Å². The number of likely N-dealkylation sites (tertiary alicyclic amines) is 1. The highest BCUT2D eigenvalue weighted by molar-refractivity contribution is 5.93. The Hall–Kier alpha value is -3.22. The van der Waals surface area contributed by atoms with E-state index in [0.717, 1.165) is 23.6 Å². The van der Waals surface area contributed by atoms with Crippen molar-refractivity contribution in [3.05, 3.63) is 65.9 Å². The summed E-state index contributed by atoms with van der Waals surface area (Å²) in [5, 5.41) is 7.51. The van der Waals surface area contributed by atoms with Gasteiger partial charge in [-0.2, -0.15) is 5.10 Å². The summed E-state index contributed by atoms with van der Waals surface area (Å²) in [5.74, 6) is 1.35. The molecule has 4 rings (SSSR count). The van der Waals surface area contributed by atoms with Crippen molar-refractivity contribution in [2.45, 2.75) is 19.4 Å². The molecule has 0 aliphatic carbocycles. The second-order valence-electron chi connectivity index (χ2n) is 6.39. The third kappa shape index (κ3) is 3.15. The van der Waals surface area contributed by atoms with Crippen LogP contribution in [0.2, 0.25) is 0 Å². The third-order valence-electron chi connectivity index (χ3n) is 4.46. The maximum atomic E-state index is 12.7. The largest absolute Gasteiger partial charge is 0.340 e. The van der Waals surface area contributed by atoms with Gasteiger partial charge in [0.15, 0.2) is 0 Å². The van der Waals surface area contributed by atoms with E-state index < -0.39 is 0 Å². The van der Waals surface area contributed by atoms with Gasteiger partial charge in [-0.1, -0.05) is 18.2 Å². The molecule has 1 atom stereocenters. The molecule has 0 spiro atoms. The predicted octanol–water partition coefficient (Wildman–Crippen LogP) is 2.85. The van der Waals surface area contributed by atoms with E-state index in [0.29, 0.717) is 18.1 Å². The summed E-state index contributed by atoms with van der Waals surface area (Å²) in [5.41, 5.74) is 2.28. The number of amides is 1. The molecule has 1 saturated heterocycles. The minimum atomic E-state index is -0.0596. The van der Waals surface area contributed by atoms with Gasteiger partial charge in [0.2, 0.25) is 0 Å². The van der Waals surface area contributed by atoms with Crippen LogP contribution in [0.25, 0.3) is 0 Å². The Morgan fingerprint density at radius 1 is 1.19 bits per heavy atom. The molecule has 0 saturated carbocycles. The van der Waals surface area contributed by atoms with Crippen molar-refractivity contribution in [1.29, 1.82) is 0 Å². The Balaban J connectivity index is 1.56. The van der Waals surface area contributed by atoms with E-state index in [2.05, 4.69) is 20.4 Å². The van der Waals surface area contributed by atoms with Crippen LogP contribution in [0.4, 0.5) is 11.5 Å². The van der Waals surface area contributed by atoms with Crippen molar-refractivity contribution < 1.29 is 4.79 Å². The topological polar surface area (TPSA) is 75.9 Å². The van der Waals surface area contributed by atoms with Crippen LogP contribution in [0.5, 0.6) is 0 Å². The number of nitrogens with zero attached hydrogens (tertiary/aromatic N) is 5. The molecular weight excluding hydrogens is 328 g/mol. The van der Waals surface area contributed by atoms with Crippen LogP contribution in [0.1, 0.15) is 34.5 Å². The zero-order valence-corrected chi connectivity index (χ0v) is 14.8. The highest BCUT2D eigenvalue weighted by Crippen LogP contribution is 2.34. The third-order valence-corrected chi connectivity index (χ3v) is 4.46. The average molecular weight is 348 g/mol. The molecular formula is C19H20N6O. The van der Waals surface area contributed by atoms with Gasteiger partial charge >= 0.3 is 0 Å². The Kier molecular flexibility index (Phi) is 4.12. The SMILES string of the molecule is Cc1nc(Nc2ccccc2)cc(C2CCN2C(=O)c2ccn(C)n2)n1. The molecule has 1 amide bonds. The molecule has 1 aromatic carbocycles. The molecule has 1 N–H and O–H groups in total. The fraction of sp³-hybridized carbons (Fsp3) is 0.263. The predicted molar refractivity (Wildman–Crippen MR) is 98.1 cm³/mol. The normalized spacial score (nSPS) is 16.2. The number of carbonyl (C=O) groups excluding carboxylic acids is 1. The zero-order valence-electron chi connectivity index (χ0n) is 14.8. The first-order valence-corrected chi connectivity index (χ1v) is 8.58. The Bertz CT molecular complexity index is 936. The van der Waals surface area contributed by atoms with Crippen molar-refractivity contribution >= 4 is 17.4 Å². The van der Waals surface area contributed by atoms with Crippen molar-refractivity contribution in [3.63, 3.8) is 0 Å². The highest BCUT2D eigenvalue weighted by Gasteiger charge is 2.36. The molecule has 132 valence electrons. The number of rotatable bonds is 4. The lowest BCUT2D eigenvalue weighted by atomic mass is 9.98. The lowest BCUT2D eigenvalue weighted by Gasteiger charge is -2.40. The molecule has 1 unspecified atom stereocenters. The van der Waals surface area contributed by atoms with E-state index in [4.69, 9.17) is 0 Å². The molecule has 1 aliphatic rings. The first-order chi connectivity index (χ1) is 12.6. The fourth-order valence-electron chi connectivity index (χ4n) is 3.11. The number of aromatic nitrogens is 4. The van der Waals surface area contributed by atoms with Crippen LogP contribution < -0.4 is 5.32 Å². The van der Waals surface area contributed by atoms with Crippen molar-refractivity contribution in [3.8, 4) is 0 Å². The monoisotopic (exact) mass is 348 g/mol. The minimum Gasteiger partial charge on any atom is -0.340 e. The summed E-state index contributed by atoms with van der Waals surface area (Å²) in [6.45, 7) is 2.58. The molecule has 2 aromatic heterocycles. The van der Waals surface area contributed by atoms with Crippen molar-refractivity contribution in [2.75, 3.05) is 11.9 Å². The molecule has 1 fully saturated rings. The summed E-state index contributed by atoms with van der Waals surface area (Å²) in [4.78, 5) is 23.5. The Morgan fingerprint density at radius 2 is 2.00 bits per heavy atom. The van der Waals surface area contributed by atoms with E-state index in [-0.39, 0.29) is 11.9 Å². The van der Waals surface area contributed by atoms with Crippen molar-refractivity contribution in [1.82, 2.24) is 24.6 Å². The van der Waals surface area contributed by atoms with Crippen LogP contribution >= 0.6 is 0 Å². The van der Waals surface area contributed by atoms with Gasteiger partial charge < -0.3 is 10.2 Å². The van der Waals surface area contributed by atoms with Crippen LogP contribution in [-0.2, 0) is 7.05 Å². The first-order valence-electron chi connectivity index (χ1n) is 8.58. The smallest absolute Gasteiger partial charge is 0.274 e. The molecule has 1 aliphatic heterocycles. The molecule has 7 heteroatoms. The number of hydrogen-bond donors (Lipinski definition) is 1. The average Bonchev–Trinajstić information content (AvgIpc) is 3.01. The molecule has 0 radical (unpaired) electrons. The van der Waals surface area contributed by atoms with Gasteiger partial charge in [0.25, 0.3) is 5.91 Å². The van der Waals surface area contributed by atoms with E-state index in [1.807, 2.05) is 48.2 Å². The summed E-state index contributed by atoms with van der Waals surface area (Å²) < 4.78 is 1.64. The first kappa shape index (κ1) is 16.3. The number of nitrogens with one attached hydrogen (secondary N) is 1. The van der Waals surface area contributed by atoms with Gasteiger partial charge in [-0.05, 0) is 31.5 Å². The van der Waals surface area contributed by atoms with Gasteiger partial charge in [-0.15, -0.1) is 0 Å². The van der Waals surface area contributed by atoms with E-state index in [1.54, 1.807) is 24.0 Å². The van der Waals surface area contributed by atoms with Gasteiger partial charge in [-0.3, -0.25) is 9.48 Å². The standard InChI is InChI=1S/C19H20N6O/c1-13-20-16(12-18(21-13)22-14-6-4-3-5-7-14)17-9-11-25(17)19(26)15-8-10-24(2)23-15/h3-8,10,12,17H,9,11H2,1-2H3,(H,20,21,22). The van der Waals surface area contributed by atoms with Gasteiger partial charge in [-0.25, -0.2) is 9.97 Å². The molecule has 3 heterocycles. The molecule has 0 bridgehead atoms. The molecule has 26 heavy (non-hydrogen) atoms. The lowest BCUT2D eigenvalue weighted by molar-refractivity contribution is 0.0443. The number of carbonyl (C=O) groups is 1. The van der Waals surface area contributed by atoms with E-state index in [9.17, 15) is 4.79 Å². The van der Waals surface area contributed by atoms with Gasteiger partial charge in [0.05, 0.1) is 11.7 Å². The van der Waals surface area contributed by atoms with Gasteiger partial charge in [0.1, 0.15) is 17.3 Å². The highest BCUT2D eigenvalue weighted by atomic mass is 16.2. The molecule has 7 nitrogen and oxygen atoms in total. The van der Waals surface area contributed by atoms with Crippen LogP contribution in [0.15, 0.2) is 48.7 Å². The number of hydrogen-bond acceptors (Lipinski definition) is 5. The quantitative estimate of drug-likeness (QED) is 0.785. The van der Waals surface area contributed by atoms with E-state index in [1.165, 1.54) is 0 Å². The number of benzene rings is 1.